The average molecular weight is 278 g/mol. The van der Waals surface area contributed by atoms with E-state index in [2.05, 4.69) is 26.2 Å². The number of pyridine rings is 1. The molecule has 1 atom stereocenters. The molecule has 3 N–H and O–H groups in total. The van der Waals surface area contributed by atoms with Gasteiger partial charge in [-0.2, -0.15) is 0 Å². The number of benzene rings is 1. The standard InChI is InChI=1S/C12H12BrN3/c13-12(14)16-11-10(7-4-8-15-11)9-5-2-1-3-6-9/h1-8,12H,14H2,(H,15,16). The summed E-state index contributed by atoms with van der Waals surface area (Å²) in [5.41, 5.74) is 7.79. The van der Waals surface area contributed by atoms with Gasteiger partial charge in [0.05, 0.1) is 0 Å². The SMILES string of the molecule is NC(Br)Nc1ncccc1-c1ccccc1. The second kappa shape index (κ2) is 5.09. The third-order valence-corrected chi connectivity index (χ3v) is 2.40. The van der Waals surface area contributed by atoms with Gasteiger partial charge in [-0.3, -0.25) is 0 Å². The van der Waals surface area contributed by atoms with Gasteiger partial charge in [0.2, 0.25) is 0 Å². The third kappa shape index (κ3) is 2.59. The molecule has 0 aliphatic carbocycles. The van der Waals surface area contributed by atoms with Gasteiger partial charge < -0.3 is 11.1 Å². The minimum Gasteiger partial charge on any atom is -0.345 e. The Morgan fingerprint density at radius 2 is 1.88 bits per heavy atom. The molecule has 2 aromatic rings. The van der Waals surface area contributed by atoms with Crippen LogP contribution in [0, 0.1) is 0 Å². The molecule has 82 valence electrons. The van der Waals surface area contributed by atoms with Crippen molar-refractivity contribution < 1.29 is 0 Å². The molecule has 0 saturated heterocycles. The van der Waals surface area contributed by atoms with Crippen LogP contribution < -0.4 is 11.1 Å². The van der Waals surface area contributed by atoms with Crippen LogP contribution in [0.1, 0.15) is 0 Å². The summed E-state index contributed by atoms with van der Waals surface area (Å²) < 4.78 is 0. The van der Waals surface area contributed by atoms with Crippen LogP contribution in [0.3, 0.4) is 0 Å². The topological polar surface area (TPSA) is 50.9 Å². The Kier molecular flexibility index (Phi) is 3.54. The van der Waals surface area contributed by atoms with E-state index in [-0.39, 0.29) is 5.08 Å². The maximum atomic E-state index is 5.64. The van der Waals surface area contributed by atoms with E-state index in [4.69, 9.17) is 5.73 Å². The Balaban J connectivity index is 2.41. The van der Waals surface area contributed by atoms with Crippen LogP contribution in [0.25, 0.3) is 11.1 Å². The molecule has 16 heavy (non-hydrogen) atoms. The smallest absolute Gasteiger partial charge is 0.135 e. The van der Waals surface area contributed by atoms with Gasteiger partial charge in [0, 0.05) is 11.8 Å². The predicted molar refractivity (Wildman–Crippen MR) is 70.2 cm³/mol. The van der Waals surface area contributed by atoms with E-state index in [1.54, 1.807) is 6.20 Å². The Morgan fingerprint density at radius 1 is 1.12 bits per heavy atom. The summed E-state index contributed by atoms with van der Waals surface area (Å²) in [6.07, 6.45) is 1.74. The summed E-state index contributed by atoms with van der Waals surface area (Å²) in [7, 11) is 0. The molecule has 1 heterocycles. The van der Waals surface area contributed by atoms with Crippen LogP contribution in [0.2, 0.25) is 0 Å². The molecule has 0 saturated carbocycles. The molecule has 0 amide bonds. The second-order valence-electron chi connectivity index (χ2n) is 3.31. The maximum absolute atomic E-state index is 5.64. The van der Waals surface area contributed by atoms with Crippen molar-refractivity contribution in [1.29, 1.82) is 0 Å². The molecule has 1 aromatic heterocycles. The first-order valence-corrected chi connectivity index (χ1v) is 5.85. The summed E-state index contributed by atoms with van der Waals surface area (Å²) >= 11 is 3.24. The van der Waals surface area contributed by atoms with Crippen LogP contribution >= 0.6 is 15.9 Å². The van der Waals surface area contributed by atoms with E-state index >= 15 is 0 Å². The fraction of sp³-hybridized carbons (Fsp3) is 0.0833. The number of nitrogens with one attached hydrogen (secondary N) is 1. The number of hydrogen-bond acceptors (Lipinski definition) is 3. The number of anilines is 1. The number of rotatable bonds is 3. The summed E-state index contributed by atoms with van der Waals surface area (Å²) in [5.74, 6) is 0.776. The lowest BCUT2D eigenvalue weighted by atomic mass is 10.1. The average Bonchev–Trinajstić information content (AvgIpc) is 2.30. The van der Waals surface area contributed by atoms with E-state index in [1.165, 1.54) is 0 Å². The van der Waals surface area contributed by atoms with Gasteiger partial charge in [0.1, 0.15) is 10.9 Å². The Bertz CT molecular complexity index is 457. The van der Waals surface area contributed by atoms with E-state index in [9.17, 15) is 0 Å². The van der Waals surface area contributed by atoms with Crippen LogP contribution in [0.15, 0.2) is 48.7 Å². The van der Waals surface area contributed by atoms with E-state index in [1.807, 2.05) is 42.5 Å². The van der Waals surface area contributed by atoms with Crippen LogP contribution in [0.5, 0.6) is 0 Å². The number of alkyl halides is 1. The highest BCUT2D eigenvalue weighted by Crippen LogP contribution is 2.25. The van der Waals surface area contributed by atoms with E-state index < -0.39 is 0 Å². The van der Waals surface area contributed by atoms with Gasteiger partial charge >= 0.3 is 0 Å². The summed E-state index contributed by atoms with van der Waals surface area (Å²) in [6.45, 7) is 0. The third-order valence-electron chi connectivity index (χ3n) is 2.17. The zero-order chi connectivity index (χ0) is 11.4. The molecule has 0 aliphatic heterocycles. The van der Waals surface area contributed by atoms with Crippen molar-refractivity contribution >= 4 is 21.7 Å². The Labute approximate surface area is 103 Å². The minimum absolute atomic E-state index is 0.301. The quantitative estimate of drug-likeness (QED) is 0.515. The Hall–Kier alpha value is -1.39. The van der Waals surface area contributed by atoms with Crippen LogP contribution in [-0.4, -0.2) is 10.1 Å². The molecule has 3 nitrogen and oxygen atoms in total. The van der Waals surface area contributed by atoms with Gasteiger partial charge in [-0.1, -0.05) is 30.3 Å². The molecular formula is C12H12BrN3. The van der Waals surface area contributed by atoms with Gasteiger partial charge in [-0.15, -0.1) is 0 Å². The summed E-state index contributed by atoms with van der Waals surface area (Å²) in [6, 6.07) is 14.0. The normalized spacial score (nSPS) is 12.1. The number of nitrogens with two attached hydrogens (primary N) is 1. The van der Waals surface area contributed by atoms with Crippen molar-refractivity contribution in [2.24, 2.45) is 5.73 Å². The highest BCUT2D eigenvalue weighted by molar-refractivity contribution is 9.09. The van der Waals surface area contributed by atoms with Gasteiger partial charge in [0.25, 0.3) is 0 Å². The Morgan fingerprint density at radius 3 is 2.56 bits per heavy atom. The lowest BCUT2D eigenvalue weighted by molar-refractivity contribution is 1.06. The van der Waals surface area contributed by atoms with E-state index in [0.717, 1.165) is 16.9 Å². The lowest BCUT2D eigenvalue weighted by Gasteiger charge is -2.12. The zero-order valence-electron chi connectivity index (χ0n) is 8.60. The molecule has 0 bridgehead atoms. The van der Waals surface area contributed by atoms with Gasteiger partial charge in [-0.25, -0.2) is 4.98 Å². The van der Waals surface area contributed by atoms with Crippen molar-refractivity contribution in [2.75, 3.05) is 5.32 Å². The second-order valence-corrected chi connectivity index (χ2v) is 4.30. The fourth-order valence-electron chi connectivity index (χ4n) is 1.50. The molecule has 4 heteroatoms. The minimum atomic E-state index is -0.301. The summed E-state index contributed by atoms with van der Waals surface area (Å²) in [4.78, 5) is 4.27. The van der Waals surface area contributed by atoms with Crippen LogP contribution in [-0.2, 0) is 0 Å². The first kappa shape index (κ1) is 11.1. The highest BCUT2D eigenvalue weighted by Gasteiger charge is 2.06. The highest BCUT2D eigenvalue weighted by atomic mass is 79.9. The fourth-order valence-corrected chi connectivity index (χ4v) is 1.72. The van der Waals surface area contributed by atoms with Crippen LogP contribution in [0.4, 0.5) is 5.82 Å². The van der Waals surface area contributed by atoms with Crippen molar-refractivity contribution in [2.45, 2.75) is 5.08 Å². The van der Waals surface area contributed by atoms with Gasteiger partial charge in [-0.05, 0) is 33.6 Å². The lowest BCUT2D eigenvalue weighted by Crippen LogP contribution is -2.22. The zero-order valence-corrected chi connectivity index (χ0v) is 10.2. The molecular weight excluding hydrogens is 266 g/mol. The van der Waals surface area contributed by atoms with Crippen molar-refractivity contribution in [3.8, 4) is 11.1 Å². The maximum Gasteiger partial charge on any atom is 0.135 e. The predicted octanol–water partition coefficient (Wildman–Crippen LogP) is 2.80. The molecule has 1 unspecified atom stereocenters. The number of nitrogens with zero attached hydrogens (tertiary/aromatic N) is 1. The van der Waals surface area contributed by atoms with Gasteiger partial charge in [0.15, 0.2) is 0 Å². The first-order chi connectivity index (χ1) is 7.77. The van der Waals surface area contributed by atoms with Crippen molar-refractivity contribution in [1.82, 2.24) is 4.98 Å². The number of halogens is 1. The molecule has 1 aromatic carbocycles. The van der Waals surface area contributed by atoms with Crippen molar-refractivity contribution in [3.05, 3.63) is 48.7 Å². The number of hydrogen-bond donors (Lipinski definition) is 2. The van der Waals surface area contributed by atoms with Crippen molar-refractivity contribution in [3.63, 3.8) is 0 Å². The summed E-state index contributed by atoms with van der Waals surface area (Å²) in [5, 5.41) is 2.75. The van der Waals surface area contributed by atoms with E-state index in [0.29, 0.717) is 0 Å². The monoisotopic (exact) mass is 277 g/mol. The number of aromatic nitrogens is 1. The molecule has 0 radical (unpaired) electrons. The molecule has 2 rings (SSSR count). The molecule has 0 fully saturated rings. The molecule has 0 spiro atoms. The largest absolute Gasteiger partial charge is 0.345 e. The first-order valence-electron chi connectivity index (χ1n) is 4.94. The molecule has 0 aliphatic rings.